The summed E-state index contributed by atoms with van der Waals surface area (Å²) < 4.78 is 105. The lowest BCUT2D eigenvalue weighted by Crippen LogP contribution is -2.21. The summed E-state index contributed by atoms with van der Waals surface area (Å²) in [5.74, 6) is -7.84. The van der Waals surface area contributed by atoms with E-state index < -0.39 is 58.3 Å². The van der Waals surface area contributed by atoms with Crippen LogP contribution in [0.15, 0.2) is 24.3 Å². The molecular weight excluding hydrogens is 480 g/mol. The van der Waals surface area contributed by atoms with E-state index in [0.29, 0.717) is 0 Å². The minimum absolute atomic E-state index is 0.115. The van der Waals surface area contributed by atoms with E-state index in [4.69, 9.17) is 9.11 Å². The fourth-order valence-electron chi connectivity index (χ4n) is 2.38. The summed E-state index contributed by atoms with van der Waals surface area (Å²) in [6.07, 6.45) is 0. The molecule has 160 valence electrons. The maximum Gasteiger partial charge on any atom is 0.311 e. The highest BCUT2D eigenvalue weighted by atomic mass is 32.9. The molecule has 2 atom stereocenters. The van der Waals surface area contributed by atoms with Crippen LogP contribution in [-0.4, -0.2) is 17.5 Å². The summed E-state index contributed by atoms with van der Waals surface area (Å²) in [6.45, 7) is 2.75. The van der Waals surface area contributed by atoms with Gasteiger partial charge in [-0.05, 0) is 35.4 Å². The van der Waals surface area contributed by atoms with E-state index in [0.717, 1.165) is 24.3 Å². The molecule has 2 unspecified atom stereocenters. The van der Waals surface area contributed by atoms with Gasteiger partial charge in [0.2, 0.25) is 11.5 Å². The Morgan fingerprint density at radius 3 is 1.21 bits per heavy atom. The maximum absolute atomic E-state index is 14.2. The lowest BCUT2D eigenvalue weighted by Gasteiger charge is -2.27. The van der Waals surface area contributed by atoms with Crippen LogP contribution in [0.4, 0.5) is 17.6 Å². The smallest absolute Gasteiger partial charge is 0.311 e. The molecule has 6 nitrogen and oxygen atoms in total. The average Bonchev–Trinajstić information content (AvgIpc) is 2.52. The third-order valence-electron chi connectivity index (χ3n) is 3.82. The molecule has 0 spiro atoms. The molecule has 29 heavy (non-hydrogen) atoms. The second kappa shape index (κ2) is 7.92. The molecule has 0 aliphatic rings. The van der Waals surface area contributed by atoms with Crippen molar-refractivity contribution < 1.29 is 43.5 Å². The van der Waals surface area contributed by atoms with Gasteiger partial charge in [-0.1, -0.05) is 13.8 Å². The molecular formula is C15H12F4O6S4. The van der Waals surface area contributed by atoms with Crippen molar-refractivity contribution in [2.75, 3.05) is 0 Å². The third-order valence-corrected chi connectivity index (χ3v) is 4.98. The van der Waals surface area contributed by atoms with Gasteiger partial charge in [-0.15, -0.1) is 0 Å². The first-order valence-electron chi connectivity index (χ1n) is 7.34. The van der Waals surface area contributed by atoms with Gasteiger partial charge in [0.1, 0.15) is 0 Å². The predicted molar refractivity (Wildman–Crippen MR) is 102 cm³/mol. The molecule has 0 aromatic heterocycles. The van der Waals surface area contributed by atoms with Crippen molar-refractivity contribution in [3.05, 3.63) is 58.7 Å². The summed E-state index contributed by atoms with van der Waals surface area (Å²) in [6, 6.07) is 2.96. The summed E-state index contributed by atoms with van der Waals surface area (Å²) >= 11 is 8.07. The van der Waals surface area contributed by atoms with Crippen LogP contribution < -0.4 is 8.37 Å². The second-order valence-electron chi connectivity index (χ2n) is 6.19. The van der Waals surface area contributed by atoms with Crippen LogP contribution in [0.3, 0.4) is 0 Å². The zero-order valence-electron chi connectivity index (χ0n) is 14.5. The molecule has 0 aliphatic carbocycles. The molecule has 0 radical (unpaired) electrons. The Balaban J connectivity index is 2.56. The summed E-state index contributed by atoms with van der Waals surface area (Å²) in [5.41, 5.74) is -1.63. The molecule has 0 heterocycles. The van der Waals surface area contributed by atoms with E-state index in [2.05, 4.69) is 30.7 Å². The molecule has 2 aromatic carbocycles. The molecule has 0 bridgehead atoms. The average molecular weight is 493 g/mol. The number of hydrogen-bond donors (Lipinski definition) is 2. The van der Waals surface area contributed by atoms with Crippen molar-refractivity contribution in [3.63, 3.8) is 0 Å². The van der Waals surface area contributed by atoms with Gasteiger partial charge in [-0.25, -0.2) is 17.6 Å². The molecule has 14 heteroatoms. The predicted octanol–water partition coefficient (Wildman–Crippen LogP) is 3.60. The van der Waals surface area contributed by atoms with Gasteiger partial charge in [-0.2, -0.15) is 8.42 Å². The molecule has 0 saturated heterocycles. The molecule has 0 amide bonds. The van der Waals surface area contributed by atoms with Crippen molar-refractivity contribution in [1.82, 2.24) is 0 Å². The van der Waals surface area contributed by atoms with Gasteiger partial charge in [0.05, 0.1) is 22.4 Å². The fourth-order valence-corrected chi connectivity index (χ4v) is 3.53. The summed E-state index contributed by atoms with van der Waals surface area (Å²) in [5, 5.41) is 0. The van der Waals surface area contributed by atoms with Gasteiger partial charge >= 0.3 is 18.1 Å². The maximum atomic E-state index is 14.2. The fraction of sp³-hybridized carbons (Fsp3) is 0.200. The first kappa shape index (κ1) is 23.7. The molecule has 2 rings (SSSR count). The first-order valence-corrected chi connectivity index (χ1v) is 12.1. The number of halogens is 4. The van der Waals surface area contributed by atoms with Crippen LogP contribution >= 0.6 is 0 Å². The summed E-state index contributed by atoms with van der Waals surface area (Å²) in [7, 11) is -8.73. The minimum atomic E-state index is -4.37. The van der Waals surface area contributed by atoms with Gasteiger partial charge in [-0.3, -0.25) is 9.11 Å². The van der Waals surface area contributed by atoms with E-state index >= 15 is 0 Å². The standard InChI is InChI=1S/C15H12F4O6S4/c1-15(2,7-3-9(16)13(10(17)4-7)24-28(20,21)26)8-5-11(18)14(12(19)6-8)25-29(22,23)27/h3-6H,1-2H3,(H,20,21,26)(H,22,23,27). The highest BCUT2D eigenvalue weighted by Gasteiger charge is 2.30. The van der Waals surface area contributed by atoms with E-state index in [1.54, 1.807) is 0 Å². The normalized spacial score (nSPS) is 16.0. The molecule has 0 fully saturated rings. The van der Waals surface area contributed by atoms with E-state index in [1.807, 2.05) is 0 Å². The third kappa shape index (κ3) is 5.73. The second-order valence-corrected chi connectivity index (χ2v) is 10.8. The Bertz CT molecular complexity index is 1040. The molecule has 0 saturated carbocycles. The van der Waals surface area contributed by atoms with Crippen molar-refractivity contribution in [3.8, 4) is 11.5 Å². The Hall–Kier alpha value is -1.58. The van der Waals surface area contributed by atoms with Crippen LogP contribution in [0.5, 0.6) is 11.5 Å². The van der Waals surface area contributed by atoms with Gasteiger partial charge < -0.3 is 8.37 Å². The molecule has 2 aromatic rings. The Kier molecular flexibility index (Phi) is 6.47. The van der Waals surface area contributed by atoms with Crippen LogP contribution in [-0.2, 0) is 45.9 Å². The van der Waals surface area contributed by atoms with Gasteiger partial charge in [0, 0.05) is 5.41 Å². The summed E-state index contributed by atoms with van der Waals surface area (Å²) in [4.78, 5) is 0. The van der Waals surface area contributed by atoms with Crippen molar-refractivity contribution in [2.45, 2.75) is 19.3 Å². The zero-order chi connectivity index (χ0) is 22.4. The largest absolute Gasteiger partial charge is 0.375 e. The Morgan fingerprint density at radius 1 is 0.759 bits per heavy atom. The lowest BCUT2D eigenvalue weighted by atomic mass is 9.78. The van der Waals surface area contributed by atoms with Gasteiger partial charge in [0.25, 0.3) is 0 Å². The lowest BCUT2D eigenvalue weighted by molar-refractivity contribution is 0.411. The zero-order valence-corrected chi connectivity index (χ0v) is 17.7. The minimum Gasteiger partial charge on any atom is -0.375 e. The number of rotatable bonds is 6. The molecule has 2 N–H and O–H groups in total. The highest BCUT2D eigenvalue weighted by Crippen LogP contribution is 2.38. The van der Waals surface area contributed by atoms with Crippen LogP contribution in [0.2, 0.25) is 0 Å². The topological polar surface area (TPSA) is 93.1 Å². The van der Waals surface area contributed by atoms with Crippen LogP contribution in [0, 0.1) is 23.3 Å². The van der Waals surface area contributed by atoms with Crippen molar-refractivity contribution in [2.24, 2.45) is 0 Å². The Labute approximate surface area is 173 Å². The number of hydrogen-bond acceptors (Lipinski definition) is 6. The van der Waals surface area contributed by atoms with E-state index in [1.165, 1.54) is 13.8 Å². The van der Waals surface area contributed by atoms with Crippen molar-refractivity contribution >= 4 is 40.5 Å². The Morgan fingerprint density at radius 2 is 1.00 bits per heavy atom. The quantitative estimate of drug-likeness (QED) is 0.591. The van der Waals surface area contributed by atoms with E-state index in [9.17, 15) is 26.0 Å². The van der Waals surface area contributed by atoms with Crippen LogP contribution in [0.1, 0.15) is 25.0 Å². The number of benzene rings is 2. The van der Waals surface area contributed by atoms with Gasteiger partial charge in [0.15, 0.2) is 23.3 Å². The highest BCUT2D eigenvalue weighted by molar-refractivity contribution is 8.27. The SMILES string of the molecule is CC(C)(c1cc(F)c(OS(=O)(O)=S)c(F)c1)c1cc(F)c(OS(=O)(O)=S)c(F)c1. The molecule has 0 aliphatic heterocycles. The monoisotopic (exact) mass is 492 g/mol. The first-order chi connectivity index (χ1) is 13.0. The van der Waals surface area contributed by atoms with Crippen LogP contribution in [0.25, 0.3) is 0 Å². The van der Waals surface area contributed by atoms with E-state index in [-0.39, 0.29) is 11.1 Å². The van der Waals surface area contributed by atoms with Crippen molar-refractivity contribution in [1.29, 1.82) is 0 Å².